The molecule has 5 heteroatoms. The molecule has 3 aromatic rings. The highest BCUT2D eigenvalue weighted by molar-refractivity contribution is 7.81. The number of halogens is 1. The summed E-state index contributed by atoms with van der Waals surface area (Å²) in [5.74, 6) is 0. The van der Waals surface area contributed by atoms with E-state index in [0.29, 0.717) is 17.4 Å². The zero-order chi connectivity index (χ0) is 20.5. The molecule has 0 aromatic heterocycles. The van der Waals surface area contributed by atoms with Gasteiger partial charge in [-0.05, 0) is 6.92 Å². The molecule has 0 fully saturated rings. The zero-order valence-corrected chi connectivity index (χ0v) is 18.8. The van der Waals surface area contributed by atoms with Crippen LogP contribution >= 0.6 is 25.9 Å². The molecule has 3 aromatic carbocycles. The van der Waals surface area contributed by atoms with Crippen LogP contribution in [0.1, 0.15) is 6.92 Å². The van der Waals surface area contributed by atoms with E-state index < -0.39 is 19.9 Å². The normalized spacial score (nSPS) is 22.5. The molecule has 0 radical (unpaired) electrons. The molecule has 0 N–H and O–H groups in total. The summed E-state index contributed by atoms with van der Waals surface area (Å²) in [4.78, 5) is 0. The molecule has 1 aliphatic rings. The van der Waals surface area contributed by atoms with Crippen molar-refractivity contribution >= 4 is 41.8 Å². The standard InChI is InChI=1S/C24H23ClO2P2/c1-19-17-28(26,20-11-5-2-6-12-20)18-23(24(19)25)29(27,21-13-7-3-8-14-21)22-15-9-4-10-16-22/h2-16,23H,17-18H2,1H3. The van der Waals surface area contributed by atoms with E-state index in [1.54, 1.807) is 0 Å². The third-order valence-electron chi connectivity index (χ3n) is 5.61. The molecule has 0 saturated carbocycles. The Morgan fingerprint density at radius 1 is 0.828 bits per heavy atom. The van der Waals surface area contributed by atoms with Crippen LogP contribution in [0.15, 0.2) is 102 Å². The minimum Gasteiger partial charge on any atom is -0.318 e. The lowest BCUT2D eigenvalue weighted by Gasteiger charge is -2.36. The Morgan fingerprint density at radius 3 is 1.76 bits per heavy atom. The lowest BCUT2D eigenvalue weighted by atomic mass is 10.2. The number of hydrogen-bond acceptors (Lipinski definition) is 2. The fourth-order valence-corrected chi connectivity index (χ4v) is 12.3. The van der Waals surface area contributed by atoms with Gasteiger partial charge >= 0.3 is 0 Å². The molecule has 0 amide bonds. The maximum Gasteiger partial charge on any atom is 0.151 e. The summed E-state index contributed by atoms with van der Waals surface area (Å²) in [6.45, 7) is 1.92. The van der Waals surface area contributed by atoms with Crippen LogP contribution in [0, 0.1) is 0 Å². The van der Waals surface area contributed by atoms with Crippen LogP contribution < -0.4 is 15.9 Å². The number of benzene rings is 3. The second kappa shape index (κ2) is 8.11. The van der Waals surface area contributed by atoms with Crippen LogP contribution in [-0.4, -0.2) is 18.0 Å². The summed E-state index contributed by atoms with van der Waals surface area (Å²) in [5.41, 5.74) is 0.385. The van der Waals surface area contributed by atoms with Gasteiger partial charge in [0.15, 0.2) is 7.14 Å². The highest BCUT2D eigenvalue weighted by Gasteiger charge is 2.46. The SMILES string of the molecule is CC1=C(Cl)C(P(=O)(c2ccccc2)c2ccccc2)CP(=O)(c2ccccc2)C1. The molecule has 0 spiro atoms. The summed E-state index contributed by atoms with van der Waals surface area (Å²) >= 11 is 6.82. The maximum absolute atomic E-state index is 14.8. The molecule has 148 valence electrons. The molecule has 0 bridgehead atoms. The number of allylic oxidation sites excluding steroid dienone is 2. The van der Waals surface area contributed by atoms with Gasteiger partial charge in [0.05, 0.1) is 5.66 Å². The molecule has 29 heavy (non-hydrogen) atoms. The van der Waals surface area contributed by atoms with E-state index in [-0.39, 0.29) is 0 Å². The van der Waals surface area contributed by atoms with Crippen LogP contribution in [0.4, 0.5) is 0 Å². The third-order valence-corrected chi connectivity index (χ3v) is 13.3. The smallest absolute Gasteiger partial charge is 0.151 e. The van der Waals surface area contributed by atoms with E-state index in [1.807, 2.05) is 97.9 Å². The maximum atomic E-state index is 14.8. The summed E-state index contributed by atoms with van der Waals surface area (Å²) < 4.78 is 28.9. The van der Waals surface area contributed by atoms with Crippen molar-refractivity contribution in [2.24, 2.45) is 0 Å². The van der Waals surface area contributed by atoms with Gasteiger partial charge in [-0.1, -0.05) is 108 Å². The molecule has 1 heterocycles. The Morgan fingerprint density at radius 2 is 1.28 bits per heavy atom. The van der Waals surface area contributed by atoms with E-state index in [1.165, 1.54) is 0 Å². The highest BCUT2D eigenvalue weighted by Crippen LogP contribution is 2.62. The first-order valence-corrected chi connectivity index (χ1v) is 13.9. The highest BCUT2D eigenvalue weighted by atomic mass is 35.5. The van der Waals surface area contributed by atoms with Crippen molar-refractivity contribution in [1.29, 1.82) is 0 Å². The predicted octanol–water partition coefficient (Wildman–Crippen LogP) is 5.58. The van der Waals surface area contributed by atoms with Gasteiger partial charge in [-0.3, -0.25) is 0 Å². The van der Waals surface area contributed by atoms with Crippen LogP contribution in [0.5, 0.6) is 0 Å². The zero-order valence-electron chi connectivity index (χ0n) is 16.2. The van der Waals surface area contributed by atoms with E-state index in [9.17, 15) is 9.13 Å². The van der Waals surface area contributed by atoms with Crippen molar-refractivity contribution in [2.45, 2.75) is 12.6 Å². The molecule has 2 nitrogen and oxygen atoms in total. The van der Waals surface area contributed by atoms with Gasteiger partial charge < -0.3 is 9.13 Å². The molecule has 0 saturated heterocycles. The average Bonchev–Trinajstić information content (AvgIpc) is 2.77. The topological polar surface area (TPSA) is 34.1 Å². The molecule has 1 aliphatic heterocycles. The Kier molecular flexibility index (Phi) is 5.71. The van der Waals surface area contributed by atoms with Crippen LogP contribution in [0.2, 0.25) is 0 Å². The second-order valence-electron chi connectivity index (χ2n) is 7.54. The van der Waals surface area contributed by atoms with Crippen molar-refractivity contribution in [3.8, 4) is 0 Å². The van der Waals surface area contributed by atoms with Crippen molar-refractivity contribution < 1.29 is 9.13 Å². The van der Waals surface area contributed by atoms with Crippen LogP contribution in [-0.2, 0) is 9.13 Å². The molecular formula is C24H23ClO2P2. The van der Waals surface area contributed by atoms with Gasteiger partial charge in [0.25, 0.3) is 0 Å². The summed E-state index contributed by atoms with van der Waals surface area (Å²) in [6, 6.07) is 28.6. The summed E-state index contributed by atoms with van der Waals surface area (Å²) in [6.07, 6.45) is 0.754. The van der Waals surface area contributed by atoms with Crippen LogP contribution in [0.25, 0.3) is 0 Å². The third kappa shape index (κ3) is 3.71. The van der Waals surface area contributed by atoms with E-state index in [4.69, 9.17) is 11.6 Å². The minimum atomic E-state index is -3.16. The fourth-order valence-electron chi connectivity index (χ4n) is 4.15. The predicted molar refractivity (Wildman–Crippen MR) is 126 cm³/mol. The Balaban J connectivity index is 1.92. The average molecular weight is 441 g/mol. The van der Waals surface area contributed by atoms with Gasteiger partial charge in [0, 0.05) is 33.3 Å². The van der Waals surface area contributed by atoms with Gasteiger partial charge in [-0.25, -0.2) is 0 Å². The molecule has 2 atom stereocenters. The first-order valence-electron chi connectivity index (χ1n) is 9.65. The Labute approximate surface area is 177 Å². The fraction of sp³-hybridized carbons (Fsp3) is 0.167. The number of rotatable bonds is 4. The van der Waals surface area contributed by atoms with Gasteiger partial charge in [-0.15, -0.1) is 0 Å². The summed E-state index contributed by atoms with van der Waals surface area (Å²) in [7, 11) is -5.92. The van der Waals surface area contributed by atoms with Crippen LogP contribution in [0.3, 0.4) is 0 Å². The molecule has 2 unspecified atom stereocenters. The van der Waals surface area contributed by atoms with Gasteiger partial charge in [0.1, 0.15) is 7.14 Å². The van der Waals surface area contributed by atoms with E-state index >= 15 is 0 Å². The largest absolute Gasteiger partial charge is 0.318 e. The van der Waals surface area contributed by atoms with Crippen molar-refractivity contribution in [1.82, 2.24) is 0 Å². The first kappa shape index (κ1) is 20.4. The van der Waals surface area contributed by atoms with Crippen molar-refractivity contribution in [2.75, 3.05) is 12.3 Å². The Bertz CT molecular complexity index is 1080. The summed E-state index contributed by atoms with van der Waals surface area (Å²) in [5, 5.41) is 2.94. The molecule has 4 rings (SSSR count). The quantitative estimate of drug-likeness (QED) is 0.496. The van der Waals surface area contributed by atoms with E-state index in [0.717, 1.165) is 21.5 Å². The molecular weight excluding hydrogens is 418 g/mol. The van der Waals surface area contributed by atoms with E-state index in [2.05, 4.69) is 0 Å². The van der Waals surface area contributed by atoms with Gasteiger partial charge in [-0.2, -0.15) is 0 Å². The lowest BCUT2D eigenvalue weighted by molar-refractivity contribution is 0.573. The monoisotopic (exact) mass is 440 g/mol. The lowest BCUT2D eigenvalue weighted by Crippen LogP contribution is -2.33. The second-order valence-corrected chi connectivity index (χ2v) is 13.9. The molecule has 0 aliphatic carbocycles. The van der Waals surface area contributed by atoms with Gasteiger partial charge in [0.2, 0.25) is 0 Å². The van der Waals surface area contributed by atoms with Crippen molar-refractivity contribution in [3.63, 3.8) is 0 Å². The first-order chi connectivity index (χ1) is 13.9. The van der Waals surface area contributed by atoms with Crippen molar-refractivity contribution in [3.05, 3.63) is 102 Å². The number of hydrogen-bond donors (Lipinski definition) is 0. The minimum absolute atomic E-state index is 0.314. The Hall–Kier alpha value is -1.85.